The van der Waals surface area contributed by atoms with Crippen LogP contribution in [-0.4, -0.2) is 56.3 Å². The summed E-state index contributed by atoms with van der Waals surface area (Å²) in [6.45, 7) is 5.67. The first kappa shape index (κ1) is 27.6. The van der Waals surface area contributed by atoms with Gasteiger partial charge in [-0.15, -0.1) is 0 Å². The lowest BCUT2D eigenvalue weighted by atomic mass is 10.0. The van der Waals surface area contributed by atoms with E-state index in [-0.39, 0.29) is 17.8 Å². The Kier molecular flexibility index (Phi) is 7.38. The number of fused-ring (bicyclic) bond motifs is 2. The van der Waals surface area contributed by atoms with E-state index in [2.05, 4.69) is 15.5 Å². The Morgan fingerprint density at radius 3 is 2.84 bits per heavy atom. The first-order valence-corrected chi connectivity index (χ1v) is 14.9. The average molecular weight is 599 g/mol. The maximum atomic E-state index is 11.6. The van der Waals surface area contributed by atoms with E-state index >= 15 is 0 Å². The van der Waals surface area contributed by atoms with E-state index in [1.807, 2.05) is 43.3 Å². The fraction of sp³-hybridized carbons (Fsp3) is 0.303. The van der Waals surface area contributed by atoms with Gasteiger partial charge in [0.2, 0.25) is 5.88 Å². The van der Waals surface area contributed by atoms with Crippen molar-refractivity contribution in [3.63, 3.8) is 0 Å². The fourth-order valence-electron chi connectivity index (χ4n) is 5.82. The summed E-state index contributed by atoms with van der Waals surface area (Å²) in [5.74, 6) is 0.526. The third-order valence-corrected chi connectivity index (χ3v) is 8.62. The van der Waals surface area contributed by atoms with E-state index in [1.54, 1.807) is 24.5 Å². The first-order chi connectivity index (χ1) is 20.9. The summed E-state index contributed by atoms with van der Waals surface area (Å²) in [7, 11) is 0. The van der Waals surface area contributed by atoms with Gasteiger partial charge in [-0.3, -0.25) is 4.90 Å². The molecule has 43 heavy (non-hydrogen) atoms. The van der Waals surface area contributed by atoms with Gasteiger partial charge in [0.15, 0.2) is 0 Å². The molecule has 1 fully saturated rings. The second-order valence-electron chi connectivity index (χ2n) is 11.1. The minimum Gasteiger partial charge on any atom is -0.478 e. The highest BCUT2D eigenvalue weighted by Crippen LogP contribution is 2.33. The van der Waals surface area contributed by atoms with Crippen LogP contribution in [0.25, 0.3) is 27.6 Å². The summed E-state index contributed by atoms with van der Waals surface area (Å²) < 4.78 is 19.8. The van der Waals surface area contributed by atoms with Crippen LogP contribution >= 0.6 is 11.6 Å². The summed E-state index contributed by atoms with van der Waals surface area (Å²) >= 11 is 6.32. The number of rotatable bonds is 9. The zero-order valence-electron chi connectivity index (χ0n) is 23.7. The number of imidazole rings is 1. The molecule has 0 aliphatic carbocycles. The Morgan fingerprint density at radius 2 is 2.07 bits per heavy atom. The number of hydrogen-bond acceptors (Lipinski definition) is 7. The SMILES string of the molecule is CC(Oc1cccc(C2=CCN(Cc3nc4ccc(C(=O)O)cc4n3C[C@@H]3CCO3)CC2)n1)c1ccc(Cl)c2ccoc12. The molecule has 10 heteroatoms. The lowest BCUT2D eigenvalue weighted by Crippen LogP contribution is -2.33. The number of aromatic carboxylic acids is 1. The van der Waals surface area contributed by atoms with Gasteiger partial charge in [0.25, 0.3) is 0 Å². The van der Waals surface area contributed by atoms with Gasteiger partial charge in [0, 0.05) is 36.7 Å². The Morgan fingerprint density at radius 1 is 1.19 bits per heavy atom. The number of carbonyl (C=O) groups is 1. The first-order valence-electron chi connectivity index (χ1n) is 14.5. The Balaban J connectivity index is 1.06. The van der Waals surface area contributed by atoms with Gasteiger partial charge in [-0.05, 0) is 61.7 Å². The summed E-state index contributed by atoms with van der Waals surface area (Å²) in [5.41, 5.74) is 5.61. The molecule has 3 aromatic heterocycles. The van der Waals surface area contributed by atoms with E-state index in [4.69, 9.17) is 35.5 Å². The van der Waals surface area contributed by atoms with Crippen molar-refractivity contribution in [2.24, 2.45) is 0 Å². The van der Waals surface area contributed by atoms with E-state index in [0.29, 0.717) is 24.0 Å². The Labute approximate surface area is 253 Å². The van der Waals surface area contributed by atoms with Crippen LogP contribution in [0, 0.1) is 0 Å². The van der Waals surface area contributed by atoms with Gasteiger partial charge in [-0.2, -0.15) is 0 Å². The van der Waals surface area contributed by atoms with E-state index in [1.165, 1.54) is 5.57 Å². The highest BCUT2D eigenvalue weighted by atomic mass is 35.5. The molecule has 0 bridgehead atoms. The number of ether oxygens (including phenoxy) is 2. The number of carboxylic acid groups (broad SMARTS) is 1. The highest BCUT2D eigenvalue weighted by molar-refractivity contribution is 6.35. The minimum absolute atomic E-state index is 0.130. The molecule has 220 valence electrons. The third-order valence-electron chi connectivity index (χ3n) is 8.29. The predicted octanol–water partition coefficient (Wildman–Crippen LogP) is 6.75. The number of carboxylic acids is 1. The Bertz CT molecular complexity index is 1860. The zero-order chi connectivity index (χ0) is 29.5. The van der Waals surface area contributed by atoms with Crippen LogP contribution in [-0.2, 0) is 17.8 Å². The third kappa shape index (κ3) is 5.51. The molecule has 2 aliphatic rings. The maximum Gasteiger partial charge on any atom is 0.335 e. The van der Waals surface area contributed by atoms with Gasteiger partial charge in [-0.1, -0.05) is 29.8 Å². The van der Waals surface area contributed by atoms with Gasteiger partial charge in [0.05, 0.1) is 52.8 Å². The molecule has 2 aromatic carbocycles. The molecule has 1 unspecified atom stereocenters. The molecule has 0 radical (unpaired) electrons. The molecule has 9 nitrogen and oxygen atoms in total. The lowest BCUT2D eigenvalue weighted by molar-refractivity contribution is -0.0591. The standard InChI is InChI=1S/C33H31ClN4O5/c1-20(24-6-7-26(34)25-12-16-42-32(24)25)43-31-4-2-3-27(36-31)21-9-13-37(14-10-21)19-30-35-28-8-5-22(33(39)40)17-29(28)38(30)18-23-11-15-41-23/h2-9,12,16-17,20,23H,10-11,13-15,18-19H2,1H3,(H,39,40)/t20?,23-/m0/s1. The maximum absolute atomic E-state index is 11.6. The van der Waals surface area contributed by atoms with Crippen molar-refractivity contribution in [3.05, 3.63) is 94.6 Å². The van der Waals surface area contributed by atoms with Crippen LogP contribution in [0.2, 0.25) is 5.02 Å². The van der Waals surface area contributed by atoms with Crippen molar-refractivity contribution in [2.45, 2.75) is 45.1 Å². The van der Waals surface area contributed by atoms with Crippen molar-refractivity contribution in [1.29, 1.82) is 0 Å². The average Bonchev–Trinajstić information content (AvgIpc) is 3.61. The molecule has 2 aliphatic heterocycles. The molecular formula is C33H31ClN4O5. The number of nitrogens with zero attached hydrogens (tertiary/aromatic N) is 4. The zero-order valence-corrected chi connectivity index (χ0v) is 24.5. The molecule has 0 amide bonds. The summed E-state index contributed by atoms with van der Waals surface area (Å²) in [4.78, 5) is 23.7. The van der Waals surface area contributed by atoms with Crippen molar-refractivity contribution in [2.75, 3.05) is 19.7 Å². The summed E-state index contributed by atoms with van der Waals surface area (Å²) in [5, 5.41) is 11.0. The monoisotopic (exact) mass is 598 g/mol. The highest BCUT2D eigenvalue weighted by Gasteiger charge is 2.24. The Hall–Kier alpha value is -4.18. The molecule has 0 saturated carbocycles. The molecule has 2 atom stereocenters. The van der Waals surface area contributed by atoms with E-state index < -0.39 is 5.97 Å². The number of pyridine rings is 1. The molecule has 7 rings (SSSR count). The fourth-order valence-corrected chi connectivity index (χ4v) is 6.03. The van der Waals surface area contributed by atoms with E-state index in [0.717, 1.165) is 71.6 Å². The number of benzene rings is 2. The number of furan rings is 1. The lowest BCUT2D eigenvalue weighted by Gasteiger charge is -2.29. The largest absolute Gasteiger partial charge is 0.478 e. The van der Waals surface area contributed by atoms with E-state index in [9.17, 15) is 9.90 Å². The molecule has 5 heterocycles. The van der Waals surface area contributed by atoms with Crippen molar-refractivity contribution >= 4 is 45.1 Å². The van der Waals surface area contributed by atoms with Crippen LogP contribution < -0.4 is 4.74 Å². The number of halogens is 1. The van der Waals surface area contributed by atoms with Gasteiger partial charge >= 0.3 is 5.97 Å². The van der Waals surface area contributed by atoms with Crippen molar-refractivity contribution in [1.82, 2.24) is 19.4 Å². The second kappa shape index (κ2) is 11.5. The van der Waals surface area contributed by atoms with Crippen molar-refractivity contribution in [3.8, 4) is 5.88 Å². The molecular weight excluding hydrogens is 568 g/mol. The molecule has 1 N–H and O–H groups in total. The smallest absolute Gasteiger partial charge is 0.335 e. The number of aromatic nitrogens is 3. The normalized spacial score (nSPS) is 18.0. The molecule has 0 spiro atoms. The minimum atomic E-state index is -0.942. The molecule has 1 saturated heterocycles. The number of hydrogen-bond donors (Lipinski definition) is 1. The predicted molar refractivity (Wildman–Crippen MR) is 163 cm³/mol. The van der Waals surface area contributed by atoms with Gasteiger partial charge < -0.3 is 23.6 Å². The van der Waals surface area contributed by atoms with Gasteiger partial charge in [-0.25, -0.2) is 14.8 Å². The van der Waals surface area contributed by atoms with Crippen LogP contribution in [0.15, 0.2) is 71.4 Å². The molecule has 5 aromatic rings. The summed E-state index contributed by atoms with van der Waals surface area (Å²) in [6.07, 6.45) is 5.54. The van der Waals surface area contributed by atoms with Crippen LogP contribution in [0.5, 0.6) is 5.88 Å². The van der Waals surface area contributed by atoms with Gasteiger partial charge in [0.1, 0.15) is 17.5 Å². The van der Waals surface area contributed by atoms with Crippen molar-refractivity contribution < 1.29 is 23.8 Å². The summed E-state index contributed by atoms with van der Waals surface area (Å²) in [6, 6.07) is 16.6. The van der Waals surface area contributed by atoms with Crippen LogP contribution in [0.4, 0.5) is 0 Å². The van der Waals surface area contributed by atoms with Crippen LogP contribution in [0.3, 0.4) is 0 Å². The van der Waals surface area contributed by atoms with Crippen LogP contribution in [0.1, 0.15) is 53.3 Å². The quantitative estimate of drug-likeness (QED) is 0.199. The second-order valence-corrected chi connectivity index (χ2v) is 11.5. The topological polar surface area (TPSA) is 103 Å².